The summed E-state index contributed by atoms with van der Waals surface area (Å²) < 4.78 is 0. The van der Waals surface area contributed by atoms with Crippen molar-refractivity contribution in [3.63, 3.8) is 0 Å². The van der Waals surface area contributed by atoms with Gasteiger partial charge in [0.05, 0.1) is 5.60 Å². The third-order valence-electron chi connectivity index (χ3n) is 4.12. The van der Waals surface area contributed by atoms with Crippen LogP contribution in [-0.2, 0) is 6.54 Å². The molecule has 1 fully saturated rings. The van der Waals surface area contributed by atoms with Gasteiger partial charge in [-0.2, -0.15) is 0 Å². The normalized spacial score (nSPS) is 24.3. The van der Waals surface area contributed by atoms with Gasteiger partial charge in [0, 0.05) is 25.3 Å². The van der Waals surface area contributed by atoms with Crippen molar-refractivity contribution in [2.75, 3.05) is 25.0 Å². The van der Waals surface area contributed by atoms with Crippen LogP contribution in [0.5, 0.6) is 0 Å². The number of nitrogens with one attached hydrogen (secondary N) is 1. The highest BCUT2D eigenvalue weighted by Gasteiger charge is 2.25. The minimum absolute atomic E-state index is 0.490. The van der Waals surface area contributed by atoms with Crippen LogP contribution in [0.1, 0.15) is 37.3 Å². The van der Waals surface area contributed by atoms with Crippen LogP contribution >= 0.6 is 0 Å². The van der Waals surface area contributed by atoms with Gasteiger partial charge in [-0.25, -0.2) is 0 Å². The summed E-state index contributed by atoms with van der Waals surface area (Å²) in [7, 11) is 1.98. The maximum atomic E-state index is 10.2. The summed E-state index contributed by atoms with van der Waals surface area (Å²) in [6.45, 7) is 7.03. The smallest absolute Gasteiger partial charge is 0.0637 e. The maximum Gasteiger partial charge on any atom is 0.0637 e. The van der Waals surface area contributed by atoms with Crippen molar-refractivity contribution in [1.82, 2.24) is 5.32 Å². The number of hydrogen-bond acceptors (Lipinski definition) is 3. The molecule has 1 heterocycles. The number of aliphatic hydroxyl groups is 1. The van der Waals surface area contributed by atoms with Crippen molar-refractivity contribution in [2.24, 2.45) is 0 Å². The third kappa shape index (κ3) is 3.71. The summed E-state index contributed by atoms with van der Waals surface area (Å²) in [6.07, 6.45) is 2.81. The molecule has 3 nitrogen and oxygen atoms in total. The molecule has 0 aromatic heterocycles. The van der Waals surface area contributed by atoms with E-state index in [4.69, 9.17) is 0 Å². The molecule has 3 heteroatoms. The van der Waals surface area contributed by atoms with Crippen LogP contribution in [-0.4, -0.2) is 30.8 Å². The molecule has 2 N–H and O–H groups in total. The first-order valence-corrected chi connectivity index (χ1v) is 7.23. The van der Waals surface area contributed by atoms with Crippen molar-refractivity contribution in [2.45, 2.75) is 45.3 Å². The summed E-state index contributed by atoms with van der Waals surface area (Å²) in [4.78, 5) is 2.40. The van der Waals surface area contributed by atoms with Crippen LogP contribution < -0.4 is 10.2 Å². The van der Waals surface area contributed by atoms with Crippen LogP contribution in [0.3, 0.4) is 0 Å². The highest BCUT2D eigenvalue weighted by atomic mass is 16.3. The van der Waals surface area contributed by atoms with E-state index in [1.165, 1.54) is 16.8 Å². The lowest BCUT2D eigenvalue weighted by Gasteiger charge is -2.25. The standard InChI is InChI=1S/C16H26N2O/c1-13-11-15(6-5-14(13)12-17-3)18-9-4-7-16(2,19)8-10-18/h5-6,11,17,19H,4,7-10,12H2,1-3H3. The monoisotopic (exact) mass is 262 g/mol. The van der Waals surface area contributed by atoms with Crippen molar-refractivity contribution in [3.05, 3.63) is 29.3 Å². The molecule has 0 spiro atoms. The molecule has 2 rings (SSSR count). The van der Waals surface area contributed by atoms with Crippen molar-refractivity contribution < 1.29 is 5.11 Å². The lowest BCUT2D eigenvalue weighted by Crippen LogP contribution is -2.28. The molecule has 0 aliphatic carbocycles. The Hall–Kier alpha value is -1.06. The molecular formula is C16H26N2O. The van der Waals surface area contributed by atoms with Gasteiger partial charge in [-0.3, -0.25) is 0 Å². The van der Waals surface area contributed by atoms with Gasteiger partial charge in [0.15, 0.2) is 0 Å². The summed E-state index contributed by atoms with van der Waals surface area (Å²) in [5, 5.41) is 13.4. The summed E-state index contributed by atoms with van der Waals surface area (Å²) >= 11 is 0. The van der Waals surface area contributed by atoms with Crippen molar-refractivity contribution in [1.29, 1.82) is 0 Å². The molecule has 19 heavy (non-hydrogen) atoms. The minimum Gasteiger partial charge on any atom is -0.390 e. The molecule has 1 aromatic carbocycles. The number of hydrogen-bond donors (Lipinski definition) is 2. The number of benzene rings is 1. The summed E-state index contributed by atoms with van der Waals surface area (Å²) in [6, 6.07) is 6.69. The van der Waals surface area contributed by atoms with Gasteiger partial charge in [0.2, 0.25) is 0 Å². The zero-order valence-electron chi connectivity index (χ0n) is 12.4. The first-order valence-electron chi connectivity index (χ1n) is 7.23. The Labute approximate surface area is 116 Å². The van der Waals surface area contributed by atoms with Gasteiger partial charge in [-0.05, 0) is 63.4 Å². The molecule has 1 aromatic rings. The first-order chi connectivity index (χ1) is 9.02. The highest BCUT2D eigenvalue weighted by Crippen LogP contribution is 2.26. The average Bonchev–Trinajstić information content (AvgIpc) is 2.53. The topological polar surface area (TPSA) is 35.5 Å². The van der Waals surface area contributed by atoms with E-state index in [0.717, 1.165) is 38.9 Å². The Bertz CT molecular complexity index is 429. The molecular weight excluding hydrogens is 236 g/mol. The molecule has 0 amide bonds. The molecule has 0 saturated carbocycles. The Morgan fingerprint density at radius 2 is 2.11 bits per heavy atom. The predicted molar refractivity (Wildman–Crippen MR) is 80.6 cm³/mol. The molecule has 0 bridgehead atoms. The fraction of sp³-hybridized carbons (Fsp3) is 0.625. The van der Waals surface area contributed by atoms with Crippen LogP contribution in [0.15, 0.2) is 18.2 Å². The van der Waals surface area contributed by atoms with Gasteiger partial charge < -0.3 is 15.3 Å². The quantitative estimate of drug-likeness (QED) is 0.878. The lowest BCUT2D eigenvalue weighted by atomic mass is 9.98. The van der Waals surface area contributed by atoms with E-state index in [2.05, 4.69) is 35.3 Å². The van der Waals surface area contributed by atoms with Crippen molar-refractivity contribution >= 4 is 5.69 Å². The van der Waals surface area contributed by atoms with Gasteiger partial charge in [0.25, 0.3) is 0 Å². The summed E-state index contributed by atoms with van der Waals surface area (Å²) in [5.41, 5.74) is 3.49. The number of anilines is 1. The second-order valence-electron chi connectivity index (χ2n) is 5.98. The van der Waals surface area contributed by atoms with Crippen LogP contribution in [0.4, 0.5) is 5.69 Å². The van der Waals surface area contributed by atoms with Gasteiger partial charge in [-0.1, -0.05) is 6.07 Å². The van der Waals surface area contributed by atoms with Crippen LogP contribution in [0.2, 0.25) is 0 Å². The number of rotatable bonds is 3. The predicted octanol–water partition coefficient (Wildman–Crippen LogP) is 2.46. The van der Waals surface area contributed by atoms with E-state index in [-0.39, 0.29) is 0 Å². The van der Waals surface area contributed by atoms with E-state index < -0.39 is 5.60 Å². The maximum absolute atomic E-state index is 10.2. The van der Waals surface area contributed by atoms with Crippen LogP contribution in [0.25, 0.3) is 0 Å². The zero-order valence-corrected chi connectivity index (χ0v) is 12.4. The Morgan fingerprint density at radius 3 is 2.79 bits per heavy atom. The van der Waals surface area contributed by atoms with E-state index in [1.807, 2.05) is 14.0 Å². The first kappa shape index (κ1) is 14.4. The van der Waals surface area contributed by atoms with Gasteiger partial charge in [0.1, 0.15) is 0 Å². The van der Waals surface area contributed by atoms with Gasteiger partial charge in [-0.15, -0.1) is 0 Å². The number of aryl methyl sites for hydroxylation is 1. The third-order valence-corrected chi connectivity index (χ3v) is 4.12. The minimum atomic E-state index is -0.490. The SMILES string of the molecule is CNCc1ccc(N2CCCC(C)(O)CC2)cc1C. The molecule has 1 atom stereocenters. The molecule has 1 saturated heterocycles. The Balaban J connectivity index is 2.11. The lowest BCUT2D eigenvalue weighted by molar-refractivity contribution is 0.0481. The largest absolute Gasteiger partial charge is 0.390 e. The Kier molecular flexibility index (Phi) is 4.48. The highest BCUT2D eigenvalue weighted by molar-refractivity contribution is 5.51. The second-order valence-corrected chi connectivity index (χ2v) is 5.98. The van der Waals surface area contributed by atoms with E-state index in [9.17, 15) is 5.11 Å². The van der Waals surface area contributed by atoms with E-state index in [1.54, 1.807) is 0 Å². The van der Waals surface area contributed by atoms with E-state index in [0.29, 0.717) is 0 Å². The molecule has 0 radical (unpaired) electrons. The molecule has 1 aliphatic rings. The fourth-order valence-corrected chi connectivity index (χ4v) is 2.79. The van der Waals surface area contributed by atoms with Crippen molar-refractivity contribution in [3.8, 4) is 0 Å². The molecule has 1 aliphatic heterocycles. The molecule has 106 valence electrons. The van der Waals surface area contributed by atoms with Crippen LogP contribution in [0, 0.1) is 6.92 Å². The average molecular weight is 262 g/mol. The zero-order chi connectivity index (χ0) is 13.9. The van der Waals surface area contributed by atoms with Gasteiger partial charge >= 0.3 is 0 Å². The Morgan fingerprint density at radius 1 is 1.32 bits per heavy atom. The fourth-order valence-electron chi connectivity index (χ4n) is 2.79. The van der Waals surface area contributed by atoms with E-state index >= 15 is 0 Å². The molecule has 1 unspecified atom stereocenters. The second kappa shape index (κ2) is 5.93. The number of nitrogens with zero attached hydrogens (tertiary/aromatic N) is 1. The summed E-state index contributed by atoms with van der Waals surface area (Å²) in [5.74, 6) is 0.